The third-order valence-electron chi connectivity index (χ3n) is 5.04. The van der Waals surface area contributed by atoms with Crippen LogP contribution in [0.3, 0.4) is 0 Å². The molecule has 0 spiro atoms. The molecule has 0 bridgehead atoms. The molecule has 0 aliphatic heterocycles. The molecule has 0 aliphatic carbocycles. The second-order valence-electron chi connectivity index (χ2n) is 7.49. The fraction of sp³-hybridized carbons (Fsp3) is 0.261. The number of hydrogen-bond donors (Lipinski definition) is 2. The van der Waals surface area contributed by atoms with Crippen molar-refractivity contribution in [2.75, 3.05) is 32.5 Å². The predicted octanol–water partition coefficient (Wildman–Crippen LogP) is 3.90. The number of hydrogen-bond acceptors (Lipinski definition) is 6. The summed E-state index contributed by atoms with van der Waals surface area (Å²) in [5.74, 6) is 0.0769. The maximum atomic E-state index is 13.1. The van der Waals surface area contributed by atoms with Crippen LogP contribution in [0.5, 0.6) is 5.75 Å². The predicted molar refractivity (Wildman–Crippen MR) is 128 cm³/mol. The standard InChI is InChI=1S/C23H27N3O4S2/c1-16-11-12-17(23(27)24-15-19(26(2)3)21-10-7-13-31-21)14-22(16)32(28,29)25-18-8-5-6-9-20(18)30-4/h5-14,19,25H,15H2,1-4H3,(H,24,27)/t19-/m0/s1. The Labute approximate surface area is 193 Å². The lowest BCUT2D eigenvalue weighted by atomic mass is 10.1. The van der Waals surface area contributed by atoms with Crippen LogP contribution in [0.1, 0.15) is 26.8 Å². The SMILES string of the molecule is COc1ccccc1NS(=O)(=O)c1cc(C(=O)NC[C@@H](c2cccs2)N(C)C)ccc1C. The highest BCUT2D eigenvalue weighted by molar-refractivity contribution is 7.92. The fourth-order valence-electron chi connectivity index (χ4n) is 3.27. The smallest absolute Gasteiger partial charge is 0.262 e. The lowest BCUT2D eigenvalue weighted by Gasteiger charge is -2.23. The van der Waals surface area contributed by atoms with E-state index >= 15 is 0 Å². The Kier molecular flexibility index (Phi) is 7.55. The Hall–Kier alpha value is -2.88. The van der Waals surface area contributed by atoms with Crippen molar-refractivity contribution >= 4 is 33.0 Å². The Balaban J connectivity index is 1.80. The third-order valence-corrected chi connectivity index (χ3v) is 7.52. The van der Waals surface area contributed by atoms with Crippen molar-refractivity contribution < 1.29 is 17.9 Å². The number of sulfonamides is 1. The Morgan fingerprint density at radius 1 is 1.12 bits per heavy atom. The molecule has 170 valence electrons. The lowest BCUT2D eigenvalue weighted by Crippen LogP contribution is -2.34. The van der Waals surface area contributed by atoms with E-state index in [0.717, 1.165) is 4.88 Å². The zero-order valence-corrected chi connectivity index (χ0v) is 20.1. The van der Waals surface area contributed by atoms with Crippen molar-refractivity contribution in [3.63, 3.8) is 0 Å². The van der Waals surface area contributed by atoms with Gasteiger partial charge in [0.15, 0.2) is 0 Å². The molecule has 1 atom stereocenters. The number of benzene rings is 2. The van der Waals surface area contributed by atoms with Gasteiger partial charge in [-0.25, -0.2) is 8.42 Å². The largest absolute Gasteiger partial charge is 0.495 e. The first-order valence-electron chi connectivity index (χ1n) is 9.97. The van der Waals surface area contributed by atoms with Crippen molar-refractivity contribution in [3.05, 3.63) is 76.0 Å². The van der Waals surface area contributed by atoms with E-state index in [9.17, 15) is 13.2 Å². The zero-order chi connectivity index (χ0) is 23.3. The van der Waals surface area contributed by atoms with Gasteiger partial charge in [-0.1, -0.05) is 24.3 Å². The summed E-state index contributed by atoms with van der Waals surface area (Å²) in [6, 6.07) is 15.5. The average molecular weight is 474 g/mol. The minimum Gasteiger partial charge on any atom is -0.495 e. The van der Waals surface area contributed by atoms with Gasteiger partial charge in [0.25, 0.3) is 15.9 Å². The summed E-state index contributed by atoms with van der Waals surface area (Å²) in [5.41, 5.74) is 1.14. The van der Waals surface area contributed by atoms with E-state index in [1.54, 1.807) is 54.7 Å². The number of carbonyl (C=O) groups is 1. The number of anilines is 1. The summed E-state index contributed by atoms with van der Waals surface area (Å²) in [5, 5.41) is 4.93. The monoisotopic (exact) mass is 473 g/mol. The molecule has 32 heavy (non-hydrogen) atoms. The van der Waals surface area contributed by atoms with Crippen molar-refractivity contribution in [2.24, 2.45) is 0 Å². The molecule has 7 nitrogen and oxygen atoms in total. The number of thiophene rings is 1. The lowest BCUT2D eigenvalue weighted by molar-refractivity contribution is 0.0942. The first-order valence-corrected chi connectivity index (χ1v) is 12.3. The average Bonchev–Trinajstić information content (AvgIpc) is 3.28. The van der Waals surface area contributed by atoms with E-state index in [4.69, 9.17) is 4.74 Å². The minimum absolute atomic E-state index is 0.0276. The first-order chi connectivity index (χ1) is 15.2. The highest BCUT2D eigenvalue weighted by atomic mass is 32.2. The van der Waals surface area contributed by atoms with Crippen LogP contribution < -0.4 is 14.8 Å². The van der Waals surface area contributed by atoms with Gasteiger partial charge in [0.05, 0.1) is 23.7 Å². The van der Waals surface area contributed by atoms with Crippen LogP contribution in [-0.2, 0) is 10.0 Å². The molecular formula is C23H27N3O4S2. The molecular weight excluding hydrogens is 446 g/mol. The minimum atomic E-state index is -3.93. The first kappa shape index (κ1) is 23.8. The number of carbonyl (C=O) groups excluding carboxylic acids is 1. The van der Waals surface area contributed by atoms with E-state index in [-0.39, 0.29) is 22.4 Å². The quantitative estimate of drug-likeness (QED) is 0.492. The second kappa shape index (κ2) is 10.2. The molecule has 0 fully saturated rings. The van der Waals surface area contributed by atoms with Crippen molar-refractivity contribution in [3.8, 4) is 5.75 Å². The summed E-state index contributed by atoms with van der Waals surface area (Å²) >= 11 is 1.63. The van der Waals surface area contributed by atoms with E-state index in [1.165, 1.54) is 13.2 Å². The van der Waals surface area contributed by atoms with Gasteiger partial charge in [-0.2, -0.15) is 0 Å². The van der Waals surface area contributed by atoms with Gasteiger partial charge in [-0.3, -0.25) is 9.52 Å². The van der Waals surface area contributed by atoms with Crippen LogP contribution in [0.2, 0.25) is 0 Å². The molecule has 2 N–H and O–H groups in total. The molecule has 3 aromatic rings. The summed E-state index contributed by atoms with van der Waals surface area (Å²) in [4.78, 5) is 16.0. The topological polar surface area (TPSA) is 87.7 Å². The third kappa shape index (κ3) is 5.48. The maximum Gasteiger partial charge on any atom is 0.262 e. The van der Waals surface area contributed by atoms with E-state index in [0.29, 0.717) is 23.5 Å². The van der Waals surface area contributed by atoms with Crippen LogP contribution in [0, 0.1) is 6.92 Å². The van der Waals surface area contributed by atoms with Gasteiger partial charge in [0, 0.05) is 17.0 Å². The van der Waals surface area contributed by atoms with Gasteiger partial charge >= 0.3 is 0 Å². The number of para-hydroxylation sites is 2. The van der Waals surface area contributed by atoms with Crippen LogP contribution >= 0.6 is 11.3 Å². The number of nitrogens with one attached hydrogen (secondary N) is 2. The van der Waals surface area contributed by atoms with Gasteiger partial charge in [0.1, 0.15) is 5.75 Å². The summed E-state index contributed by atoms with van der Waals surface area (Å²) in [6.45, 7) is 2.10. The van der Waals surface area contributed by atoms with Crippen LogP contribution in [0.15, 0.2) is 64.9 Å². The van der Waals surface area contributed by atoms with Crippen LogP contribution in [0.4, 0.5) is 5.69 Å². The summed E-state index contributed by atoms with van der Waals surface area (Å²) < 4.78 is 33.9. The molecule has 1 aromatic heterocycles. The van der Waals surface area contributed by atoms with Crippen molar-refractivity contribution in [2.45, 2.75) is 17.9 Å². The van der Waals surface area contributed by atoms with Gasteiger partial charge in [0.2, 0.25) is 0 Å². The highest BCUT2D eigenvalue weighted by Gasteiger charge is 2.22. The molecule has 0 aliphatic rings. The van der Waals surface area contributed by atoms with Crippen molar-refractivity contribution in [1.82, 2.24) is 10.2 Å². The highest BCUT2D eigenvalue weighted by Crippen LogP contribution is 2.28. The van der Waals surface area contributed by atoms with Gasteiger partial charge < -0.3 is 15.0 Å². The molecule has 0 radical (unpaired) electrons. The Morgan fingerprint density at radius 2 is 1.88 bits per heavy atom. The molecule has 0 saturated heterocycles. The molecule has 1 amide bonds. The molecule has 3 rings (SSSR count). The normalized spacial score (nSPS) is 12.4. The van der Waals surface area contributed by atoms with Crippen LogP contribution in [0.25, 0.3) is 0 Å². The fourth-order valence-corrected chi connectivity index (χ4v) is 5.53. The molecule has 2 aromatic carbocycles. The molecule has 1 heterocycles. The number of methoxy groups -OCH3 is 1. The van der Waals surface area contributed by atoms with Crippen molar-refractivity contribution in [1.29, 1.82) is 0 Å². The second-order valence-corrected chi connectivity index (χ2v) is 10.1. The van der Waals surface area contributed by atoms with E-state index < -0.39 is 10.0 Å². The molecule has 9 heteroatoms. The number of nitrogens with zero attached hydrogens (tertiary/aromatic N) is 1. The molecule has 0 saturated carbocycles. The van der Waals surface area contributed by atoms with E-state index in [1.807, 2.05) is 36.5 Å². The Morgan fingerprint density at radius 3 is 2.53 bits per heavy atom. The number of aryl methyl sites for hydroxylation is 1. The number of ether oxygens (including phenoxy) is 1. The van der Waals surface area contributed by atoms with Gasteiger partial charge in [-0.05, 0) is 62.3 Å². The zero-order valence-electron chi connectivity index (χ0n) is 18.5. The number of amides is 1. The summed E-state index contributed by atoms with van der Waals surface area (Å²) in [7, 11) is 1.45. The van der Waals surface area contributed by atoms with E-state index in [2.05, 4.69) is 10.0 Å². The maximum absolute atomic E-state index is 13.1. The number of likely N-dealkylation sites (N-methyl/N-ethyl adjacent to an activating group) is 1. The Bertz CT molecular complexity index is 1180. The van der Waals surface area contributed by atoms with Crippen LogP contribution in [-0.4, -0.2) is 47.0 Å². The number of rotatable bonds is 9. The van der Waals surface area contributed by atoms with Gasteiger partial charge in [-0.15, -0.1) is 11.3 Å². The molecule has 0 unspecified atom stereocenters. The summed E-state index contributed by atoms with van der Waals surface area (Å²) in [6.07, 6.45) is 0.